The maximum atomic E-state index is 11.3. The van der Waals surface area contributed by atoms with Crippen LogP contribution in [0.5, 0.6) is 0 Å². The van der Waals surface area contributed by atoms with Gasteiger partial charge in [0.1, 0.15) is 0 Å². The molecule has 0 aliphatic rings. The summed E-state index contributed by atoms with van der Waals surface area (Å²) in [5.41, 5.74) is 6.97. The minimum absolute atomic E-state index is 0.0325. The average Bonchev–Trinajstić information content (AvgIpc) is 2.68. The lowest BCUT2D eigenvalue weighted by Crippen LogP contribution is -2.41. The Balaban J connectivity index is 2.81. The summed E-state index contributed by atoms with van der Waals surface area (Å²) in [6, 6.07) is 0.129. The molecule has 0 saturated carbocycles. The third-order valence-electron chi connectivity index (χ3n) is 3.61. The molecule has 0 fully saturated rings. The third kappa shape index (κ3) is 3.82. The van der Waals surface area contributed by atoms with Crippen LogP contribution in [0.25, 0.3) is 0 Å². The number of rotatable bonds is 5. The van der Waals surface area contributed by atoms with Crippen LogP contribution < -0.4 is 11.1 Å². The van der Waals surface area contributed by atoms with Gasteiger partial charge >= 0.3 is 0 Å². The van der Waals surface area contributed by atoms with Gasteiger partial charge < -0.3 is 11.1 Å². The first-order chi connectivity index (χ1) is 8.95. The van der Waals surface area contributed by atoms with Crippen molar-refractivity contribution < 1.29 is 4.79 Å². The lowest BCUT2D eigenvalue weighted by atomic mass is 9.92. The van der Waals surface area contributed by atoms with E-state index in [9.17, 15) is 4.79 Å². The zero-order valence-corrected chi connectivity index (χ0v) is 13.7. The number of nitrogens with zero attached hydrogens (tertiary/aromatic N) is 2. The largest absolute Gasteiger partial charge is 0.369 e. The van der Waals surface area contributed by atoms with Crippen LogP contribution in [-0.4, -0.2) is 22.2 Å². The molecule has 0 saturated heterocycles. The Labute approximate surface area is 121 Å². The van der Waals surface area contributed by atoms with Crippen molar-refractivity contribution in [3.8, 4) is 0 Å². The number of carbonyl (C=O) groups excluding carboxylic acids is 1. The number of amides is 1. The van der Waals surface area contributed by atoms with Gasteiger partial charge in [-0.15, -0.1) is 0 Å². The normalized spacial score (nSPS) is 14.3. The van der Waals surface area contributed by atoms with Crippen molar-refractivity contribution >= 4 is 5.91 Å². The molecule has 5 heteroatoms. The number of aryl methyl sites for hydroxylation is 1. The minimum Gasteiger partial charge on any atom is -0.369 e. The summed E-state index contributed by atoms with van der Waals surface area (Å²) in [6.07, 6.45) is 2.07. The smallest absolute Gasteiger partial charge is 0.224 e. The quantitative estimate of drug-likeness (QED) is 0.867. The molecule has 0 unspecified atom stereocenters. The summed E-state index contributed by atoms with van der Waals surface area (Å²) in [5, 5.41) is 7.94. The Hall–Kier alpha value is -1.36. The van der Waals surface area contributed by atoms with Crippen LogP contribution in [0.2, 0.25) is 0 Å². The predicted molar refractivity (Wildman–Crippen MR) is 81.4 cm³/mol. The van der Waals surface area contributed by atoms with Crippen molar-refractivity contribution in [1.82, 2.24) is 15.1 Å². The van der Waals surface area contributed by atoms with Crippen molar-refractivity contribution in [2.75, 3.05) is 6.54 Å². The Kier molecular flexibility index (Phi) is 4.64. The van der Waals surface area contributed by atoms with Gasteiger partial charge in [-0.1, -0.05) is 0 Å². The number of primary amides is 1. The molecule has 0 aliphatic heterocycles. The van der Waals surface area contributed by atoms with Gasteiger partial charge in [0.05, 0.1) is 16.6 Å². The summed E-state index contributed by atoms with van der Waals surface area (Å²) in [4.78, 5) is 11.3. The van der Waals surface area contributed by atoms with Gasteiger partial charge in [0, 0.05) is 24.3 Å². The van der Waals surface area contributed by atoms with Crippen molar-refractivity contribution in [2.24, 2.45) is 11.1 Å². The summed E-state index contributed by atoms with van der Waals surface area (Å²) >= 11 is 0. The molecule has 1 amide bonds. The maximum Gasteiger partial charge on any atom is 0.224 e. The Morgan fingerprint density at radius 1 is 1.40 bits per heavy atom. The van der Waals surface area contributed by atoms with Gasteiger partial charge in [0.15, 0.2) is 0 Å². The fourth-order valence-corrected chi connectivity index (χ4v) is 1.85. The molecular formula is C15H28N4O. The molecule has 1 heterocycles. The second kappa shape index (κ2) is 5.56. The number of hydrogen-bond donors (Lipinski definition) is 2. The van der Waals surface area contributed by atoms with E-state index in [1.54, 1.807) is 0 Å². The second-order valence-corrected chi connectivity index (χ2v) is 7.14. The number of aromatic nitrogens is 2. The first-order valence-corrected chi connectivity index (χ1v) is 7.05. The molecule has 20 heavy (non-hydrogen) atoms. The van der Waals surface area contributed by atoms with Crippen LogP contribution in [0.4, 0.5) is 0 Å². The molecule has 114 valence electrons. The number of nitrogens with one attached hydrogen (secondary N) is 1. The van der Waals surface area contributed by atoms with Gasteiger partial charge in [-0.2, -0.15) is 5.10 Å². The monoisotopic (exact) mass is 280 g/mol. The summed E-state index contributed by atoms with van der Waals surface area (Å²) in [7, 11) is 0. The zero-order valence-electron chi connectivity index (χ0n) is 13.7. The summed E-state index contributed by atoms with van der Waals surface area (Å²) in [6.45, 7) is 14.7. The van der Waals surface area contributed by atoms with Gasteiger partial charge in [-0.05, 0) is 48.5 Å². The molecular weight excluding hydrogens is 252 g/mol. The van der Waals surface area contributed by atoms with E-state index in [4.69, 9.17) is 5.73 Å². The molecule has 0 bridgehead atoms. The van der Waals surface area contributed by atoms with E-state index in [1.165, 1.54) is 0 Å². The first-order valence-electron chi connectivity index (χ1n) is 7.05. The molecule has 5 nitrogen and oxygen atoms in total. The topological polar surface area (TPSA) is 72.9 Å². The second-order valence-electron chi connectivity index (χ2n) is 7.14. The third-order valence-corrected chi connectivity index (χ3v) is 3.61. The van der Waals surface area contributed by atoms with E-state index in [0.717, 1.165) is 11.3 Å². The van der Waals surface area contributed by atoms with Gasteiger partial charge in [-0.3, -0.25) is 9.48 Å². The fourth-order valence-electron chi connectivity index (χ4n) is 1.85. The van der Waals surface area contributed by atoms with Crippen LogP contribution in [-0.2, 0) is 10.3 Å². The first kappa shape index (κ1) is 16.7. The van der Waals surface area contributed by atoms with Gasteiger partial charge in [-0.25, -0.2) is 0 Å². The van der Waals surface area contributed by atoms with Crippen LogP contribution in [0.15, 0.2) is 6.20 Å². The highest BCUT2D eigenvalue weighted by molar-refractivity contribution is 5.80. The molecule has 0 radical (unpaired) electrons. The Morgan fingerprint density at radius 2 is 1.95 bits per heavy atom. The summed E-state index contributed by atoms with van der Waals surface area (Å²) in [5.74, 6) is -0.292. The number of nitrogens with two attached hydrogens (primary N) is 1. The van der Waals surface area contributed by atoms with Crippen LogP contribution >= 0.6 is 0 Å². The molecule has 1 atom stereocenters. The molecule has 1 aromatic rings. The highest BCUT2D eigenvalue weighted by atomic mass is 16.1. The molecule has 1 rings (SSSR count). The SMILES string of the molecule is Cc1nn(C(C)(C)C)cc1[C@@H](C)NCC(C)(C)C(N)=O. The van der Waals surface area contributed by atoms with Crippen LogP contribution in [0.1, 0.15) is 58.8 Å². The molecule has 0 aromatic carbocycles. The van der Waals surface area contributed by atoms with Crippen molar-refractivity contribution in [3.05, 3.63) is 17.5 Å². The van der Waals surface area contributed by atoms with Crippen molar-refractivity contribution in [3.63, 3.8) is 0 Å². The van der Waals surface area contributed by atoms with Crippen LogP contribution in [0, 0.1) is 12.3 Å². The fraction of sp³-hybridized carbons (Fsp3) is 0.733. The van der Waals surface area contributed by atoms with E-state index in [1.807, 2.05) is 25.5 Å². The van der Waals surface area contributed by atoms with Crippen molar-refractivity contribution in [1.29, 1.82) is 0 Å². The van der Waals surface area contributed by atoms with Gasteiger partial charge in [0.2, 0.25) is 5.91 Å². The van der Waals surface area contributed by atoms with E-state index in [-0.39, 0.29) is 17.5 Å². The number of hydrogen-bond acceptors (Lipinski definition) is 3. The predicted octanol–water partition coefficient (Wildman–Crippen LogP) is 2.11. The van der Waals surface area contributed by atoms with Crippen LogP contribution in [0.3, 0.4) is 0 Å². The molecule has 0 spiro atoms. The van der Waals surface area contributed by atoms with E-state index in [0.29, 0.717) is 6.54 Å². The average molecular weight is 280 g/mol. The standard InChI is InChI=1S/C15H28N4O/c1-10(17-9-15(6,7)13(16)20)12-8-19(14(3,4)5)18-11(12)2/h8,10,17H,9H2,1-7H3,(H2,16,20)/t10-/m1/s1. The lowest BCUT2D eigenvalue weighted by molar-refractivity contribution is -0.125. The lowest BCUT2D eigenvalue weighted by Gasteiger charge is -2.24. The molecule has 3 N–H and O–H groups in total. The zero-order chi connectivity index (χ0) is 15.7. The van der Waals surface area contributed by atoms with E-state index in [2.05, 4.69) is 44.3 Å². The molecule has 1 aromatic heterocycles. The Bertz CT molecular complexity index is 483. The number of carbonyl (C=O) groups is 1. The highest BCUT2D eigenvalue weighted by Gasteiger charge is 2.26. The van der Waals surface area contributed by atoms with E-state index >= 15 is 0 Å². The van der Waals surface area contributed by atoms with Gasteiger partial charge in [0.25, 0.3) is 0 Å². The highest BCUT2D eigenvalue weighted by Crippen LogP contribution is 2.22. The minimum atomic E-state index is -0.553. The van der Waals surface area contributed by atoms with E-state index < -0.39 is 5.41 Å². The molecule has 0 aliphatic carbocycles. The summed E-state index contributed by atoms with van der Waals surface area (Å²) < 4.78 is 1.98. The maximum absolute atomic E-state index is 11.3. The Morgan fingerprint density at radius 3 is 2.35 bits per heavy atom. The van der Waals surface area contributed by atoms with Crippen molar-refractivity contribution in [2.45, 2.75) is 60.0 Å².